The predicted molar refractivity (Wildman–Crippen MR) is 70.3 cm³/mol. The van der Waals surface area contributed by atoms with E-state index in [-0.39, 0.29) is 24.5 Å². The van der Waals surface area contributed by atoms with Crippen LogP contribution < -0.4 is 5.32 Å². The van der Waals surface area contributed by atoms with Crippen molar-refractivity contribution in [3.63, 3.8) is 0 Å². The monoisotopic (exact) mass is 250 g/mol. The maximum absolute atomic E-state index is 12.2. The van der Waals surface area contributed by atoms with Crippen LogP contribution in [0.15, 0.2) is 18.3 Å². The zero-order valence-electron chi connectivity index (χ0n) is 10.9. The average Bonchev–Trinajstić information content (AvgIpc) is 2.66. The van der Waals surface area contributed by atoms with Gasteiger partial charge in [0.25, 0.3) is 5.91 Å². The van der Waals surface area contributed by atoms with Crippen molar-refractivity contribution < 1.29 is 9.90 Å². The smallest absolute Gasteiger partial charge is 0.268 e. The van der Waals surface area contributed by atoms with Gasteiger partial charge in [0.1, 0.15) is 5.69 Å². The lowest BCUT2D eigenvalue weighted by Crippen LogP contribution is -2.41. The lowest BCUT2D eigenvalue weighted by atomic mass is 9.95. The molecule has 1 aromatic heterocycles. The van der Waals surface area contributed by atoms with Crippen LogP contribution in [-0.2, 0) is 7.05 Å². The Labute approximate surface area is 108 Å². The highest BCUT2D eigenvalue weighted by molar-refractivity contribution is 5.92. The molecule has 1 aromatic rings. The number of aliphatic hydroxyl groups is 1. The first kappa shape index (κ1) is 13.1. The van der Waals surface area contributed by atoms with E-state index in [2.05, 4.69) is 5.32 Å². The summed E-state index contributed by atoms with van der Waals surface area (Å²) in [6.45, 7) is 0.165. The minimum Gasteiger partial charge on any atom is -0.396 e. The molecular formula is C14H22N2O2. The molecule has 0 aliphatic heterocycles. The second-order valence-electron chi connectivity index (χ2n) is 5.16. The first-order valence-electron chi connectivity index (χ1n) is 6.75. The molecule has 2 unspecified atom stereocenters. The summed E-state index contributed by atoms with van der Waals surface area (Å²) in [7, 11) is 1.87. The van der Waals surface area contributed by atoms with Gasteiger partial charge in [-0.15, -0.1) is 0 Å². The summed E-state index contributed by atoms with van der Waals surface area (Å²) in [5, 5.41) is 12.5. The van der Waals surface area contributed by atoms with Gasteiger partial charge in [-0.05, 0) is 25.0 Å². The summed E-state index contributed by atoms with van der Waals surface area (Å²) >= 11 is 0. The van der Waals surface area contributed by atoms with E-state index < -0.39 is 0 Å². The Morgan fingerprint density at radius 2 is 2.22 bits per heavy atom. The molecule has 1 fully saturated rings. The molecule has 0 saturated heterocycles. The van der Waals surface area contributed by atoms with Gasteiger partial charge in [-0.1, -0.05) is 19.3 Å². The van der Waals surface area contributed by atoms with E-state index in [0.29, 0.717) is 5.69 Å². The zero-order valence-corrected chi connectivity index (χ0v) is 10.9. The molecule has 18 heavy (non-hydrogen) atoms. The van der Waals surface area contributed by atoms with E-state index in [4.69, 9.17) is 0 Å². The number of carbonyl (C=O) groups excluding carboxylic acids is 1. The molecule has 1 heterocycles. The molecule has 2 rings (SSSR count). The molecule has 1 amide bonds. The number of aliphatic hydroxyl groups excluding tert-OH is 1. The first-order valence-corrected chi connectivity index (χ1v) is 6.75. The van der Waals surface area contributed by atoms with Gasteiger partial charge >= 0.3 is 0 Å². The van der Waals surface area contributed by atoms with Crippen molar-refractivity contribution in [3.05, 3.63) is 24.0 Å². The number of hydrogen-bond donors (Lipinski definition) is 2. The number of aryl methyl sites for hydroxylation is 1. The summed E-state index contributed by atoms with van der Waals surface area (Å²) < 4.78 is 1.82. The Morgan fingerprint density at radius 3 is 2.89 bits per heavy atom. The Morgan fingerprint density at radius 1 is 1.44 bits per heavy atom. The van der Waals surface area contributed by atoms with Crippen molar-refractivity contribution in [2.24, 2.45) is 13.0 Å². The fraction of sp³-hybridized carbons (Fsp3) is 0.643. The highest BCUT2D eigenvalue weighted by Gasteiger charge is 2.25. The summed E-state index contributed by atoms with van der Waals surface area (Å²) in [5.41, 5.74) is 0.677. The van der Waals surface area contributed by atoms with Gasteiger partial charge in [0.15, 0.2) is 0 Å². The topological polar surface area (TPSA) is 54.3 Å². The Balaban J connectivity index is 2.02. The summed E-state index contributed by atoms with van der Waals surface area (Å²) in [4.78, 5) is 12.2. The molecule has 2 N–H and O–H groups in total. The van der Waals surface area contributed by atoms with Crippen molar-refractivity contribution in [1.29, 1.82) is 0 Å². The van der Waals surface area contributed by atoms with Gasteiger partial charge in [0.05, 0.1) is 0 Å². The molecule has 0 radical (unpaired) electrons. The van der Waals surface area contributed by atoms with Crippen LogP contribution in [0.3, 0.4) is 0 Å². The van der Waals surface area contributed by atoms with E-state index in [0.717, 1.165) is 25.7 Å². The van der Waals surface area contributed by atoms with Gasteiger partial charge in [0, 0.05) is 31.8 Å². The molecule has 4 heteroatoms. The third kappa shape index (κ3) is 2.93. The Hall–Kier alpha value is -1.29. The van der Waals surface area contributed by atoms with Crippen molar-refractivity contribution in [2.75, 3.05) is 6.61 Å². The molecule has 1 saturated carbocycles. The lowest BCUT2D eigenvalue weighted by molar-refractivity contribution is 0.0891. The van der Waals surface area contributed by atoms with E-state index in [1.54, 1.807) is 0 Å². The molecule has 0 aromatic carbocycles. The molecule has 100 valence electrons. The van der Waals surface area contributed by atoms with Crippen LogP contribution in [0.1, 0.15) is 42.6 Å². The normalized spacial score (nSPS) is 24.6. The van der Waals surface area contributed by atoms with Gasteiger partial charge < -0.3 is 15.0 Å². The van der Waals surface area contributed by atoms with Crippen LogP contribution in [0.25, 0.3) is 0 Å². The summed E-state index contributed by atoms with van der Waals surface area (Å²) in [6, 6.07) is 3.80. The number of aromatic nitrogens is 1. The van der Waals surface area contributed by atoms with Crippen molar-refractivity contribution in [3.8, 4) is 0 Å². The third-order valence-electron chi connectivity index (χ3n) is 3.89. The van der Waals surface area contributed by atoms with Gasteiger partial charge in [-0.3, -0.25) is 4.79 Å². The van der Waals surface area contributed by atoms with E-state index in [1.165, 1.54) is 6.42 Å². The summed E-state index contributed by atoms with van der Waals surface area (Å²) in [5.74, 6) is 0.171. The van der Waals surface area contributed by atoms with Crippen molar-refractivity contribution >= 4 is 5.91 Å². The number of hydrogen-bond acceptors (Lipinski definition) is 2. The third-order valence-corrected chi connectivity index (χ3v) is 3.89. The minimum absolute atomic E-state index is 0.0344. The Kier molecular flexibility index (Phi) is 4.42. The number of nitrogens with zero attached hydrogens (tertiary/aromatic N) is 1. The second-order valence-corrected chi connectivity index (χ2v) is 5.16. The van der Waals surface area contributed by atoms with Crippen molar-refractivity contribution in [1.82, 2.24) is 9.88 Å². The van der Waals surface area contributed by atoms with E-state index in [1.807, 2.05) is 29.9 Å². The quantitative estimate of drug-likeness (QED) is 0.802. The molecular weight excluding hydrogens is 228 g/mol. The van der Waals surface area contributed by atoms with Gasteiger partial charge in [-0.25, -0.2) is 0 Å². The zero-order chi connectivity index (χ0) is 13.0. The number of amides is 1. The fourth-order valence-electron chi connectivity index (χ4n) is 2.73. The molecule has 0 spiro atoms. The largest absolute Gasteiger partial charge is 0.396 e. The predicted octanol–water partition coefficient (Wildman–Crippen LogP) is 1.70. The van der Waals surface area contributed by atoms with Crippen LogP contribution >= 0.6 is 0 Å². The molecule has 2 atom stereocenters. The average molecular weight is 250 g/mol. The van der Waals surface area contributed by atoms with Gasteiger partial charge in [0.2, 0.25) is 0 Å². The number of nitrogens with one attached hydrogen (secondary N) is 1. The molecule has 0 bridgehead atoms. The van der Waals surface area contributed by atoms with Crippen LogP contribution in [0.5, 0.6) is 0 Å². The standard InChI is InChI=1S/C14H22N2O2/c1-16-9-5-8-13(16)14(18)15-12-7-4-2-3-6-11(12)10-17/h5,8-9,11-12,17H,2-4,6-7,10H2,1H3,(H,15,18). The number of carbonyl (C=O) groups is 1. The first-order chi connectivity index (χ1) is 8.72. The highest BCUT2D eigenvalue weighted by Crippen LogP contribution is 2.23. The number of rotatable bonds is 3. The fourth-order valence-corrected chi connectivity index (χ4v) is 2.73. The minimum atomic E-state index is -0.0344. The van der Waals surface area contributed by atoms with Gasteiger partial charge in [-0.2, -0.15) is 0 Å². The SMILES string of the molecule is Cn1cccc1C(=O)NC1CCCCCC1CO. The van der Waals surface area contributed by atoms with Crippen LogP contribution in [-0.4, -0.2) is 28.2 Å². The van der Waals surface area contributed by atoms with E-state index in [9.17, 15) is 9.90 Å². The second kappa shape index (κ2) is 6.05. The van der Waals surface area contributed by atoms with Crippen molar-refractivity contribution in [2.45, 2.75) is 38.1 Å². The van der Waals surface area contributed by atoms with Crippen LogP contribution in [0, 0.1) is 5.92 Å². The molecule has 1 aliphatic rings. The molecule has 1 aliphatic carbocycles. The van der Waals surface area contributed by atoms with Crippen LogP contribution in [0.2, 0.25) is 0 Å². The lowest BCUT2D eigenvalue weighted by Gasteiger charge is -2.24. The molecule has 4 nitrogen and oxygen atoms in total. The Bertz CT molecular complexity index is 400. The maximum Gasteiger partial charge on any atom is 0.268 e. The van der Waals surface area contributed by atoms with Crippen LogP contribution in [0.4, 0.5) is 0 Å². The van der Waals surface area contributed by atoms with E-state index >= 15 is 0 Å². The maximum atomic E-state index is 12.2. The summed E-state index contributed by atoms with van der Waals surface area (Å²) in [6.07, 6.45) is 7.34. The highest BCUT2D eigenvalue weighted by atomic mass is 16.3.